The van der Waals surface area contributed by atoms with Crippen molar-refractivity contribution in [2.75, 3.05) is 13.6 Å². The topological polar surface area (TPSA) is 70.5 Å². The lowest BCUT2D eigenvalue weighted by Gasteiger charge is -2.20. The van der Waals surface area contributed by atoms with Crippen LogP contribution in [0.4, 0.5) is 0 Å². The number of benzene rings is 1. The van der Waals surface area contributed by atoms with Gasteiger partial charge in [0, 0.05) is 37.5 Å². The third-order valence-electron chi connectivity index (χ3n) is 3.67. The molecule has 23 heavy (non-hydrogen) atoms. The van der Waals surface area contributed by atoms with E-state index >= 15 is 0 Å². The van der Waals surface area contributed by atoms with Crippen LogP contribution in [0.25, 0.3) is 0 Å². The summed E-state index contributed by atoms with van der Waals surface area (Å²) in [6, 6.07) is 6.65. The number of aromatic nitrogens is 1. The first-order chi connectivity index (χ1) is 11.0. The average Bonchev–Trinajstić information content (AvgIpc) is 3.07. The maximum Gasteiger partial charge on any atom is 0.335 e. The predicted octanol–water partition coefficient (Wildman–Crippen LogP) is 3.04. The first-order valence-electron chi connectivity index (χ1n) is 7.43. The molecular weight excluding hydrogens is 312 g/mol. The largest absolute Gasteiger partial charge is 0.478 e. The van der Waals surface area contributed by atoms with Gasteiger partial charge in [-0.05, 0) is 24.1 Å². The van der Waals surface area contributed by atoms with Crippen molar-refractivity contribution < 1.29 is 14.7 Å². The van der Waals surface area contributed by atoms with Gasteiger partial charge in [0.05, 0.1) is 10.6 Å². The molecule has 1 unspecified atom stereocenters. The zero-order chi connectivity index (χ0) is 16.8. The highest BCUT2D eigenvalue weighted by molar-refractivity contribution is 7.09. The highest BCUT2D eigenvalue weighted by Gasteiger charge is 2.15. The van der Waals surface area contributed by atoms with Crippen molar-refractivity contribution in [1.29, 1.82) is 0 Å². The number of hydrogen-bond donors (Lipinski definition) is 1. The summed E-state index contributed by atoms with van der Waals surface area (Å²) in [6.45, 7) is 2.71. The molecule has 1 amide bonds. The summed E-state index contributed by atoms with van der Waals surface area (Å²) in [6.07, 6.45) is 2.79. The molecule has 1 heterocycles. The van der Waals surface area contributed by atoms with Crippen LogP contribution in [-0.4, -0.2) is 40.5 Å². The van der Waals surface area contributed by atoms with Crippen LogP contribution >= 0.6 is 11.3 Å². The first-order valence-corrected chi connectivity index (χ1v) is 8.31. The molecule has 6 heteroatoms. The fourth-order valence-electron chi connectivity index (χ4n) is 2.32. The fourth-order valence-corrected chi connectivity index (χ4v) is 3.01. The molecule has 0 aliphatic heterocycles. The van der Waals surface area contributed by atoms with Gasteiger partial charge < -0.3 is 10.0 Å². The van der Waals surface area contributed by atoms with E-state index in [4.69, 9.17) is 5.11 Å². The fraction of sp³-hybridized carbons (Fsp3) is 0.353. The minimum Gasteiger partial charge on any atom is -0.478 e. The van der Waals surface area contributed by atoms with Crippen LogP contribution in [0.3, 0.4) is 0 Å². The highest BCUT2D eigenvalue weighted by Crippen LogP contribution is 2.18. The molecule has 0 radical (unpaired) electrons. The van der Waals surface area contributed by atoms with E-state index in [0.717, 1.165) is 10.6 Å². The lowest BCUT2D eigenvalue weighted by molar-refractivity contribution is -0.130. The molecule has 1 N–H and O–H groups in total. The number of likely N-dealkylation sites (N-methyl/N-ethyl adjacent to an activating group) is 1. The summed E-state index contributed by atoms with van der Waals surface area (Å²) in [7, 11) is 1.81. The van der Waals surface area contributed by atoms with Gasteiger partial charge >= 0.3 is 5.97 Å². The number of thiazole rings is 1. The van der Waals surface area contributed by atoms with Crippen molar-refractivity contribution in [2.24, 2.45) is 0 Å². The molecule has 5 nitrogen and oxygen atoms in total. The Hall–Kier alpha value is -2.21. The Morgan fingerprint density at radius 3 is 2.57 bits per heavy atom. The van der Waals surface area contributed by atoms with Crippen LogP contribution in [0.2, 0.25) is 0 Å². The van der Waals surface area contributed by atoms with Gasteiger partial charge in [0.2, 0.25) is 5.91 Å². The number of rotatable bonds is 7. The predicted molar refractivity (Wildman–Crippen MR) is 89.9 cm³/mol. The molecule has 0 bridgehead atoms. The average molecular weight is 332 g/mol. The van der Waals surface area contributed by atoms with E-state index in [0.29, 0.717) is 19.4 Å². The first kappa shape index (κ1) is 17.1. The van der Waals surface area contributed by atoms with Gasteiger partial charge in [-0.2, -0.15) is 0 Å². The van der Waals surface area contributed by atoms with Crippen molar-refractivity contribution in [3.05, 3.63) is 52.0 Å². The summed E-state index contributed by atoms with van der Waals surface area (Å²) < 4.78 is 0. The van der Waals surface area contributed by atoms with E-state index in [1.807, 2.05) is 5.38 Å². The van der Waals surface area contributed by atoms with Gasteiger partial charge in [-0.25, -0.2) is 9.78 Å². The molecule has 0 saturated carbocycles. The van der Waals surface area contributed by atoms with E-state index < -0.39 is 5.97 Å². The summed E-state index contributed by atoms with van der Waals surface area (Å²) in [5.74, 6) is -0.641. The van der Waals surface area contributed by atoms with Crippen LogP contribution in [0.15, 0.2) is 35.8 Å². The molecule has 0 saturated heterocycles. The number of aromatic carboxylic acids is 1. The van der Waals surface area contributed by atoms with E-state index in [2.05, 4.69) is 11.9 Å². The number of amides is 1. The highest BCUT2D eigenvalue weighted by atomic mass is 32.1. The van der Waals surface area contributed by atoms with Crippen molar-refractivity contribution >= 4 is 23.2 Å². The number of hydrogen-bond acceptors (Lipinski definition) is 4. The smallest absolute Gasteiger partial charge is 0.335 e. The second kappa shape index (κ2) is 7.87. The van der Waals surface area contributed by atoms with Crippen molar-refractivity contribution in [3.8, 4) is 0 Å². The molecule has 1 aromatic heterocycles. The quantitative estimate of drug-likeness (QED) is 0.846. The molecule has 122 valence electrons. The number of carboxylic acids is 1. The second-order valence-corrected chi connectivity index (χ2v) is 6.47. The molecular formula is C17H20N2O3S. The summed E-state index contributed by atoms with van der Waals surface area (Å²) in [4.78, 5) is 29.0. The Kier molecular flexibility index (Phi) is 5.87. The van der Waals surface area contributed by atoms with Gasteiger partial charge in [-0.3, -0.25) is 4.79 Å². The summed E-state index contributed by atoms with van der Waals surface area (Å²) in [5, 5.41) is 11.8. The molecule has 1 atom stereocenters. The second-order valence-electron chi connectivity index (χ2n) is 5.55. The molecule has 0 fully saturated rings. The lowest BCUT2D eigenvalue weighted by Crippen LogP contribution is -2.30. The SMILES string of the molecule is CC(CN(C)C(=O)CCc1ccc(C(=O)O)cc1)c1nccs1. The standard InChI is InChI=1S/C17H20N2O3S/c1-12(16-18-9-10-23-16)11-19(2)15(20)8-5-13-3-6-14(7-4-13)17(21)22/h3-4,6-7,9-10,12H,5,8,11H2,1-2H3,(H,21,22). The Morgan fingerprint density at radius 2 is 2.00 bits per heavy atom. The third-order valence-corrected chi connectivity index (χ3v) is 4.68. The summed E-state index contributed by atoms with van der Waals surface area (Å²) >= 11 is 1.60. The van der Waals surface area contributed by atoms with Crippen molar-refractivity contribution in [1.82, 2.24) is 9.88 Å². The minimum absolute atomic E-state index is 0.0794. The maximum absolute atomic E-state index is 12.2. The number of carbonyl (C=O) groups is 2. The summed E-state index contributed by atoms with van der Waals surface area (Å²) in [5.41, 5.74) is 1.22. The van der Waals surface area contributed by atoms with E-state index in [9.17, 15) is 9.59 Å². The Morgan fingerprint density at radius 1 is 1.30 bits per heavy atom. The Labute approximate surface area is 139 Å². The van der Waals surface area contributed by atoms with Crippen LogP contribution < -0.4 is 0 Å². The van der Waals surface area contributed by atoms with Crippen molar-refractivity contribution in [3.63, 3.8) is 0 Å². The molecule has 2 aromatic rings. The number of carbonyl (C=O) groups excluding carboxylic acids is 1. The molecule has 1 aromatic carbocycles. The molecule has 2 rings (SSSR count). The molecule has 0 spiro atoms. The van der Waals surface area contributed by atoms with Gasteiger partial charge in [0.1, 0.15) is 0 Å². The monoisotopic (exact) mass is 332 g/mol. The van der Waals surface area contributed by atoms with E-state index in [1.165, 1.54) is 0 Å². The van der Waals surface area contributed by atoms with Crippen LogP contribution in [0.5, 0.6) is 0 Å². The van der Waals surface area contributed by atoms with Crippen LogP contribution in [0.1, 0.15) is 40.2 Å². The van der Waals surface area contributed by atoms with Crippen LogP contribution in [0, 0.1) is 0 Å². The van der Waals surface area contributed by atoms with E-state index in [-0.39, 0.29) is 17.4 Å². The minimum atomic E-state index is -0.941. The zero-order valence-electron chi connectivity index (χ0n) is 13.2. The normalized spacial score (nSPS) is 11.9. The number of nitrogens with zero attached hydrogens (tertiary/aromatic N) is 2. The number of carboxylic acid groups (broad SMARTS) is 1. The third kappa shape index (κ3) is 4.89. The van der Waals surface area contributed by atoms with Gasteiger partial charge in [0.25, 0.3) is 0 Å². The zero-order valence-corrected chi connectivity index (χ0v) is 14.0. The van der Waals surface area contributed by atoms with Gasteiger partial charge in [-0.15, -0.1) is 11.3 Å². The van der Waals surface area contributed by atoms with Gasteiger partial charge in [0.15, 0.2) is 0 Å². The van der Waals surface area contributed by atoms with E-state index in [1.54, 1.807) is 53.7 Å². The molecule has 0 aliphatic carbocycles. The maximum atomic E-state index is 12.2. The van der Waals surface area contributed by atoms with Crippen molar-refractivity contribution in [2.45, 2.75) is 25.7 Å². The van der Waals surface area contributed by atoms with Crippen LogP contribution in [-0.2, 0) is 11.2 Å². The number of aryl methyl sites for hydroxylation is 1. The van der Waals surface area contributed by atoms with Gasteiger partial charge in [-0.1, -0.05) is 19.1 Å². The molecule has 0 aliphatic rings. The lowest BCUT2D eigenvalue weighted by atomic mass is 10.1. The Bertz CT molecular complexity index is 653. The Balaban J connectivity index is 1.82.